The summed E-state index contributed by atoms with van der Waals surface area (Å²) >= 11 is 3.73. The fourth-order valence-corrected chi connectivity index (χ4v) is 5.97. The Morgan fingerprint density at radius 2 is 1.33 bits per heavy atom. The molecule has 0 aliphatic rings. The van der Waals surface area contributed by atoms with Crippen LogP contribution in [0.3, 0.4) is 0 Å². The number of rotatable bonds is 0. The zero-order valence-electron chi connectivity index (χ0n) is 12.6. The number of hydrogen-bond donors (Lipinski definition) is 0. The van der Waals surface area contributed by atoms with Gasteiger partial charge in [0.05, 0.1) is 5.52 Å². The van der Waals surface area contributed by atoms with E-state index in [0.717, 1.165) is 5.52 Å². The average Bonchev–Trinajstić information content (AvgIpc) is 2.94. The molecule has 0 spiro atoms. The molecule has 24 heavy (non-hydrogen) atoms. The third-order valence-corrected chi connectivity index (χ3v) is 6.93. The molecule has 0 bridgehead atoms. The number of fused-ring (bicyclic) bond motifs is 3. The highest BCUT2D eigenvalue weighted by atomic mass is 32.1. The maximum absolute atomic E-state index is 4.79. The number of aromatic nitrogens is 1. The minimum atomic E-state index is 1.12. The predicted molar refractivity (Wildman–Crippen MR) is 108 cm³/mol. The molecule has 6 aromatic rings. The standard InChI is InChI=1S/C21H11NS2/c1-2-5-13-11-18-14(10-12(13)4-1)21-20-17(8-9-22-21)23-15-6-3-7-16(24-18)19(15)20/h1-11H. The molecule has 0 fully saturated rings. The number of pyridine rings is 1. The lowest BCUT2D eigenvalue weighted by atomic mass is 10.1. The summed E-state index contributed by atoms with van der Waals surface area (Å²) in [7, 11) is 0. The molecule has 0 saturated heterocycles. The lowest BCUT2D eigenvalue weighted by Gasteiger charge is -2.01. The molecule has 0 radical (unpaired) electrons. The van der Waals surface area contributed by atoms with E-state index in [4.69, 9.17) is 4.98 Å². The minimum absolute atomic E-state index is 1.12. The third kappa shape index (κ3) is 1.61. The number of hydrogen-bond acceptors (Lipinski definition) is 3. The van der Waals surface area contributed by atoms with Gasteiger partial charge in [0.2, 0.25) is 0 Å². The molecule has 0 amide bonds. The van der Waals surface area contributed by atoms with Crippen LogP contribution in [0, 0.1) is 0 Å². The van der Waals surface area contributed by atoms with Gasteiger partial charge in [-0.3, -0.25) is 4.98 Å². The molecule has 0 aliphatic carbocycles. The molecule has 6 rings (SSSR count). The first-order valence-corrected chi connectivity index (χ1v) is 9.53. The van der Waals surface area contributed by atoms with E-state index >= 15 is 0 Å². The van der Waals surface area contributed by atoms with E-state index in [0.29, 0.717) is 0 Å². The molecule has 3 aromatic carbocycles. The highest BCUT2D eigenvalue weighted by Gasteiger charge is 2.14. The second kappa shape index (κ2) is 4.53. The van der Waals surface area contributed by atoms with E-state index in [9.17, 15) is 0 Å². The Kier molecular flexibility index (Phi) is 2.43. The molecule has 1 nitrogen and oxygen atoms in total. The van der Waals surface area contributed by atoms with Gasteiger partial charge < -0.3 is 0 Å². The second-order valence-corrected chi connectivity index (χ2v) is 8.23. The van der Waals surface area contributed by atoms with Crippen molar-refractivity contribution in [3.63, 3.8) is 0 Å². The van der Waals surface area contributed by atoms with E-state index in [-0.39, 0.29) is 0 Å². The summed E-state index contributed by atoms with van der Waals surface area (Å²) in [5, 5.41) is 6.49. The summed E-state index contributed by atoms with van der Waals surface area (Å²) in [6, 6.07) is 21.9. The second-order valence-electron chi connectivity index (χ2n) is 6.06. The molecule has 0 unspecified atom stereocenters. The smallest absolute Gasteiger partial charge is 0.0809 e. The molecule has 0 N–H and O–H groups in total. The highest BCUT2D eigenvalue weighted by Crippen LogP contribution is 2.43. The van der Waals surface area contributed by atoms with Gasteiger partial charge in [0.15, 0.2) is 0 Å². The van der Waals surface area contributed by atoms with Crippen molar-refractivity contribution in [3.8, 4) is 0 Å². The van der Waals surface area contributed by atoms with Crippen molar-refractivity contribution < 1.29 is 0 Å². The molecule has 112 valence electrons. The van der Waals surface area contributed by atoms with Gasteiger partial charge in [-0.05, 0) is 41.1 Å². The van der Waals surface area contributed by atoms with Crippen LogP contribution in [0.2, 0.25) is 0 Å². The molecule has 0 saturated carbocycles. The molecular formula is C21H11NS2. The van der Waals surface area contributed by atoms with Crippen LogP contribution >= 0.6 is 22.7 Å². The fourth-order valence-electron chi connectivity index (χ4n) is 3.63. The Bertz CT molecular complexity index is 1410. The van der Waals surface area contributed by atoms with E-state index in [1.807, 2.05) is 28.9 Å². The predicted octanol–water partition coefficient (Wildman–Crippen LogP) is 6.97. The number of thiophene rings is 1. The summed E-state index contributed by atoms with van der Waals surface area (Å²) < 4.78 is 5.30. The van der Waals surface area contributed by atoms with Crippen LogP contribution in [0.4, 0.5) is 0 Å². The van der Waals surface area contributed by atoms with Gasteiger partial charge in [0, 0.05) is 41.2 Å². The Morgan fingerprint density at radius 3 is 2.17 bits per heavy atom. The van der Waals surface area contributed by atoms with E-state index in [2.05, 4.69) is 60.7 Å². The van der Waals surface area contributed by atoms with Gasteiger partial charge in [-0.2, -0.15) is 0 Å². The van der Waals surface area contributed by atoms with Crippen LogP contribution in [0.1, 0.15) is 0 Å². The molecule has 0 aliphatic heterocycles. The highest BCUT2D eigenvalue weighted by molar-refractivity contribution is 7.29. The normalized spacial score (nSPS) is 12.2. The lowest BCUT2D eigenvalue weighted by Crippen LogP contribution is -1.78. The van der Waals surface area contributed by atoms with Crippen molar-refractivity contribution in [1.82, 2.24) is 4.98 Å². The maximum atomic E-state index is 4.79. The van der Waals surface area contributed by atoms with Crippen molar-refractivity contribution in [2.45, 2.75) is 0 Å². The van der Waals surface area contributed by atoms with E-state index in [1.165, 1.54) is 45.7 Å². The van der Waals surface area contributed by atoms with Crippen LogP contribution in [-0.2, 0) is 0 Å². The van der Waals surface area contributed by atoms with Crippen LogP contribution in [0.15, 0.2) is 66.9 Å². The molecule has 3 heterocycles. The summed E-state index contributed by atoms with van der Waals surface area (Å²) in [5.41, 5.74) is 1.12. The lowest BCUT2D eigenvalue weighted by molar-refractivity contribution is 1.45. The van der Waals surface area contributed by atoms with Crippen molar-refractivity contribution >= 4 is 73.9 Å². The van der Waals surface area contributed by atoms with Crippen molar-refractivity contribution in [2.75, 3.05) is 0 Å². The van der Waals surface area contributed by atoms with Crippen LogP contribution in [-0.4, -0.2) is 4.98 Å². The summed E-state index contributed by atoms with van der Waals surface area (Å²) in [5.74, 6) is 0. The van der Waals surface area contributed by atoms with Crippen LogP contribution in [0.5, 0.6) is 0 Å². The topological polar surface area (TPSA) is 12.9 Å². The van der Waals surface area contributed by atoms with Gasteiger partial charge in [0.25, 0.3) is 0 Å². The zero-order valence-corrected chi connectivity index (χ0v) is 14.2. The molecule has 3 heteroatoms. The number of benzene rings is 3. The molecule has 3 aromatic heterocycles. The zero-order chi connectivity index (χ0) is 15.7. The number of nitrogens with zero attached hydrogens (tertiary/aromatic N) is 1. The monoisotopic (exact) mass is 341 g/mol. The van der Waals surface area contributed by atoms with E-state index < -0.39 is 0 Å². The first-order chi connectivity index (χ1) is 11.9. The van der Waals surface area contributed by atoms with Gasteiger partial charge in [-0.15, -0.1) is 22.7 Å². The van der Waals surface area contributed by atoms with Crippen molar-refractivity contribution in [2.24, 2.45) is 0 Å². The Balaban J connectivity index is 2.04. The Morgan fingerprint density at radius 1 is 0.625 bits per heavy atom. The van der Waals surface area contributed by atoms with Crippen LogP contribution in [0.25, 0.3) is 51.2 Å². The van der Waals surface area contributed by atoms with Crippen molar-refractivity contribution in [3.05, 3.63) is 66.9 Å². The maximum Gasteiger partial charge on any atom is 0.0809 e. The summed E-state index contributed by atoms with van der Waals surface area (Å²) in [4.78, 5) is 4.79. The SMILES string of the molecule is c1ccc2cc3c(cc2c1)sc1cccc2sc4ccnc3c4c12. The minimum Gasteiger partial charge on any atom is -0.255 e. The first-order valence-electron chi connectivity index (χ1n) is 7.90. The Hall–Kier alpha value is -2.49. The van der Waals surface area contributed by atoms with Gasteiger partial charge >= 0.3 is 0 Å². The quantitative estimate of drug-likeness (QED) is 0.291. The largest absolute Gasteiger partial charge is 0.255 e. The Labute approximate surface area is 145 Å². The van der Waals surface area contributed by atoms with E-state index in [1.54, 1.807) is 0 Å². The summed E-state index contributed by atoms with van der Waals surface area (Å²) in [6.07, 6.45) is 1.95. The summed E-state index contributed by atoms with van der Waals surface area (Å²) in [6.45, 7) is 0. The average molecular weight is 341 g/mol. The molecular weight excluding hydrogens is 330 g/mol. The van der Waals surface area contributed by atoms with Gasteiger partial charge in [-0.1, -0.05) is 30.3 Å². The first kappa shape index (κ1) is 12.9. The molecule has 0 atom stereocenters. The van der Waals surface area contributed by atoms with Crippen molar-refractivity contribution in [1.29, 1.82) is 0 Å². The fraction of sp³-hybridized carbons (Fsp3) is 0. The third-order valence-electron chi connectivity index (χ3n) is 4.69. The van der Waals surface area contributed by atoms with Crippen LogP contribution < -0.4 is 0 Å². The van der Waals surface area contributed by atoms with Gasteiger partial charge in [-0.25, -0.2) is 0 Å². The van der Waals surface area contributed by atoms with Gasteiger partial charge in [0.1, 0.15) is 0 Å².